The van der Waals surface area contributed by atoms with E-state index < -0.39 is 9.84 Å². The summed E-state index contributed by atoms with van der Waals surface area (Å²) in [7, 11) is -3.21. The Morgan fingerprint density at radius 3 is 2.84 bits per heavy atom. The third-order valence-electron chi connectivity index (χ3n) is 3.50. The number of hydrogen-bond acceptors (Lipinski definition) is 5. The van der Waals surface area contributed by atoms with Crippen LogP contribution in [0, 0.1) is 13.8 Å². The zero-order valence-electron chi connectivity index (χ0n) is 11.3. The van der Waals surface area contributed by atoms with Crippen LogP contribution in [0.2, 0.25) is 0 Å². The second kappa shape index (κ2) is 5.46. The molecule has 1 aliphatic rings. The van der Waals surface area contributed by atoms with E-state index in [2.05, 4.69) is 4.98 Å². The SMILES string of the molecule is Cc1cnc(CS(=O)(=O)CC2CCCO2)c(C)c1N. The lowest BCUT2D eigenvalue weighted by molar-refractivity contribution is 0.127. The normalized spacial score (nSPS) is 19.8. The van der Waals surface area contributed by atoms with Gasteiger partial charge in [-0.3, -0.25) is 4.98 Å². The molecule has 5 nitrogen and oxygen atoms in total. The van der Waals surface area contributed by atoms with E-state index in [0.717, 1.165) is 24.0 Å². The van der Waals surface area contributed by atoms with E-state index in [0.29, 0.717) is 18.0 Å². The fourth-order valence-corrected chi connectivity index (χ4v) is 3.92. The maximum Gasteiger partial charge on any atom is 0.158 e. The Morgan fingerprint density at radius 1 is 1.47 bits per heavy atom. The number of aromatic nitrogens is 1. The summed E-state index contributed by atoms with van der Waals surface area (Å²) in [4.78, 5) is 4.20. The fourth-order valence-electron chi connectivity index (χ4n) is 2.26. The summed E-state index contributed by atoms with van der Waals surface area (Å²) < 4.78 is 29.7. The molecular weight excluding hydrogens is 264 g/mol. The van der Waals surface area contributed by atoms with Crippen molar-refractivity contribution in [3.63, 3.8) is 0 Å². The topological polar surface area (TPSA) is 82.3 Å². The Morgan fingerprint density at radius 2 is 2.21 bits per heavy atom. The summed E-state index contributed by atoms with van der Waals surface area (Å²) in [5, 5.41) is 0. The number of nitrogens with zero attached hydrogens (tertiary/aromatic N) is 1. The first-order valence-corrected chi connectivity index (χ1v) is 8.24. The number of ether oxygens (including phenoxy) is 1. The number of nitrogens with two attached hydrogens (primary N) is 1. The van der Waals surface area contributed by atoms with Crippen LogP contribution in [0.15, 0.2) is 6.20 Å². The molecule has 1 atom stereocenters. The molecule has 0 amide bonds. The van der Waals surface area contributed by atoms with Gasteiger partial charge in [0.1, 0.15) is 0 Å². The van der Waals surface area contributed by atoms with Crippen molar-refractivity contribution in [2.24, 2.45) is 0 Å². The van der Waals surface area contributed by atoms with Crippen molar-refractivity contribution in [3.05, 3.63) is 23.0 Å². The predicted molar refractivity (Wildman–Crippen MR) is 74.6 cm³/mol. The average Bonchev–Trinajstić information content (AvgIpc) is 2.82. The number of hydrogen-bond donors (Lipinski definition) is 1. The summed E-state index contributed by atoms with van der Waals surface area (Å²) in [6, 6.07) is 0. The quantitative estimate of drug-likeness (QED) is 0.903. The van der Waals surface area contributed by atoms with Gasteiger partial charge in [-0.15, -0.1) is 0 Å². The fraction of sp³-hybridized carbons (Fsp3) is 0.615. The van der Waals surface area contributed by atoms with Gasteiger partial charge < -0.3 is 10.5 Å². The van der Waals surface area contributed by atoms with E-state index in [4.69, 9.17) is 10.5 Å². The number of nitrogen functional groups attached to an aromatic ring is 1. The predicted octanol–water partition coefficient (Wildman–Crippen LogP) is 1.37. The molecule has 1 aliphatic heterocycles. The summed E-state index contributed by atoms with van der Waals surface area (Å²) in [6.45, 7) is 4.33. The number of pyridine rings is 1. The molecule has 2 rings (SSSR count). The van der Waals surface area contributed by atoms with Gasteiger partial charge in [0, 0.05) is 18.5 Å². The molecule has 106 valence electrons. The van der Waals surface area contributed by atoms with Gasteiger partial charge in [0.15, 0.2) is 9.84 Å². The molecule has 0 bridgehead atoms. The highest BCUT2D eigenvalue weighted by molar-refractivity contribution is 7.90. The van der Waals surface area contributed by atoms with Gasteiger partial charge in [-0.25, -0.2) is 8.42 Å². The largest absolute Gasteiger partial charge is 0.398 e. The Kier molecular flexibility index (Phi) is 4.10. The number of anilines is 1. The van der Waals surface area contributed by atoms with E-state index in [1.54, 1.807) is 6.20 Å². The molecule has 1 fully saturated rings. The Balaban J connectivity index is 2.13. The Hall–Kier alpha value is -1.14. The van der Waals surface area contributed by atoms with Crippen LogP contribution in [0.3, 0.4) is 0 Å². The van der Waals surface area contributed by atoms with Crippen LogP contribution >= 0.6 is 0 Å². The van der Waals surface area contributed by atoms with Crippen LogP contribution in [0.25, 0.3) is 0 Å². The first kappa shape index (κ1) is 14.3. The van der Waals surface area contributed by atoms with E-state index in [1.807, 2.05) is 13.8 Å². The minimum Gasteiger partial charge on any atom is -0.398 e. The molecule has 1 saturated heterocycles. The summed E-state index contributed by atoms with van der Waals surface area (Å²) in [5.74, 6) is 0.00503. The molecule has 0 radical (unpaired) electrons. The molecule has 1 aromatic heterocycles. The maximum absolute atomic E-state index is 12.1. The lowest BCUT2D eigenvalue weighted by Gasteiger charge is -2.12. The van der Waals surface area contributed by atoms with Gasteiger partial charge in [-0.1, -0.05) is 0 Å². The van der Waals surface area contributed by atoms with Gasteiger partial charge in [-0.2, -0.15) is 0 Å². The molecule has 1 aromatic rings. The van der Waals surface area contributed by atoms with Gasteiger partial charge in [-0.05, 0) is 37.8 Å². The Labute approximate surface area is 114 Å². The molecule has 0 aliphatic carbocycles. The highest BCUT2D eigenvalue weighted by Gasteiger charge is 2.24. The van der Waals surface area contributed by atoms with Crippen LogP contribution in [-0.2, 0) is 20.3 Å². The zero-order chi connectivity index (χ0) is 14.0. The molecule has 2 heterocycles. The van der Waals surface area contributed by atoms with Gasteiger partial charge in [0.05, 0.1) is 23.3 Å². The highest BCUT2D eigenvalue weighted by Crippen LogP contribution is 2.21. The van der Waals surface area contributed by atoms with Crippen LogP contribution in [0.4, 0.5) is 5.69 Å². The summed E-state index contributed by atoms with van der Waals surface area (Å²) >= 11 is 0. The van der Waals surface area contributed by atoms with Crippen molar-refractivity contribution < 1.29 is 13.2 Å². The second-order valence-electron chi connectivity index (χ2n) is 5.12. The van der Waals surface area contributed by atoms with E-state index in [1.165, 1.54) is 0 Å². The monoisotopic (exact) mass is 284 g/mol. The van der Waals surface area contributed by atoms with Crippen molar-refractivity contribution in [2.45, 2.75) is 38.5 Å². The lowest BCUT2D eigenvalue weighted by atomic mass is 10.1. The van der Waals surface area contributed by atoms with Crippen molar-refractivity contribution in [3.8, 4) is 0 Å². The summed E-state index contributed by atoms with van der Waals surface area (Å²) in [5.41, 5.74) is 8.70. The van der Waals surface area contributed by atoms with Gasteiger partial charge in [0.25, 0.3) is 0 Å². The third kappa shape index (κ3) is 3.45. The molecule has 2 N–H and O–H groups in total. The minimum atomic E-state index is -3.21. The first-order valence-electron chi connectivity index (χ1n) is 6.41. The Bertz CT molecular complexity index is 563. The van der Waals surface area contributed by atoms with E-state index in [9.17, 15) is 8.42 Å². The van der Waals surface area contributed by atoms with Crippen LogP contribution < -0.4 is 5.73 Å². The molecule has 1 unspecified atom stereocenters. The standard InChI is InChI=1S/C13H20N2O3S/c1-9-6-15-12(10(2)13(9)14)8-19(16,17)7-11-4-3-5-18-11/h6,11H,3-5,7-8H2,1-2H3,(H2,14,15). The average molecular weight is 284 g/mol. The number of aryl methyl sites for hydroxylation is 1. The van der Waals surface area contributed by atoms with Crippen LogP contribution in [-0.4, -0.2) is 31.9 Å². The summed E-state index contributed by atoms with van der Waals surface area (Å²) in [6.07, 6.45) is 3.23. The van der Waals surface area contributed by atoms with Crippen molar-refractivity contribution >= 4 is 15.5 Å². The molecule has 0 aromatic carbocycles. The van der Waals surface area contributed by atoms with Crippen molar-refractivity contribution in [2.75, 3.05) is 18.1 Å². The van der Waals surface area contributed by atoms with Crippen molar-refractivity contribution in [1.82, 2.24) is 4.98 Å². The van der Waals surface area contributed by atoms with E-state index in [-0.39, 0.29) is 17.6 Å². The molecule has 19 heavy (non-hydrogen) atoms. The van der Waals surface area contributed by atoms with Crippen molar-refractivity contribution in [1.29, 1.82) is 0 Å². The van der Waals surface area contributed by atoms with Gasteiger partial charge in [0.2, 0.25) is 0 Å². The smallest absolute Gasteiger partial charge is 0.158 e. The minimum absolute atomic E-state index is 0.0663. The molecule has 6 heteroatoms. The number of sulfone groups is 1. The first-order chi connectivity index (χ1) is 8.89. The maximum atomic E-state index is 12.1. The lowest BCUT2D eigenvalue weighted by Crippen LogP contribution is -2.22. The zero-order valence-corrected chi connectivity index (χ0v) is 12.2. The third-order valence-corrected chi connectivity index (χ3v) is 5.09. The molecule has 0 saturated carbocycles. The van der Waals surface area contributed by atoms with Crippen LogP contribution in [0.1, 0.15) is 29.7 Å². The molecule has 0 spiro atoms. The highest BCUT2D eigenvalue weighted by atomic mass is 32.2. The van der Waals surface area contributed by atoms with Crippen LogP contribution in [0.5, 0.6) is 0 Å². The van der Waals surface area contributed by atoms with Gasteiger partial charge >= 0.3 is 0 Å². The van der Waals surface area contributed by atoms with E-state index >= 15 is 0 Å². The second-order valence-corrected chi connectivity index (χ2v) is 7.23. The number of rotatable bonds is 4. The molecular formula is C13H20N2O3S.